The lowest BCUT2D eigenvalue weighted by atomic mass is 10.1. The summed E-state index contributed by atoms with van der Waals surface area (Å²) in [5.74, 6) is -1.81. The van der Waals surface area contributed by atoms with Crippen molar-refractivity contribution in [2.75, 3.05) is 10.0 Å². The molecular formula is C29H22N4O5S. The van der Waals surface area contributed by atoms with E-state index in [1.807, 2.05) is 30.3 Å². The van der Waals surface area contributed by atoms with E-state index in [4.69, 9.17) is 5.11 Å². The number of rotatable bonds is 8. The Kier molecular flexibility index (Phi) is 6.94. The van der Waals surface area contributed by atoms with Crippen LogP contribution in [0.15, 0.2) is 114 Å². The summed E-state index contributed by atoms with van der Waals surface area (Å²) in [4.78, 5) is 22.7. The average Bonchev–Trinajstić information content (AvgIpc) is 3.36. The van der Waals surface area contributed by atoms with Gasteiger partial charge in [-0.15, -0.1) is 0 Å². The minimum Gasteiger partial charge on any atom is -0.478 e. The molecule has 0 aliphatic heterocycles. The highest BCUT2D eigenvalue weighted by Gasteiger charge is 2.16. The Morgan fingerprint density at radius 2 is 1.49 bits per heavy atom. The van der Waals surface area contributed by atoms with Gasteiger partial charge in [0.15, 0.2) is 0 Å². The second kappa shape index (κ2) is 10.6. The van der Waals surface area contributed by atoms with E-state index in [-0.39, 0.29) is 4.90 Å². The van der Waals surface area contributed by atoms with Crippen molar-refractivity contribution in [1.82, 2.24) is 10.2 Å². The van der Waals surface area contributed by atoms with Crippen molar-refractivity contribution in [2.24, 2.45) is 0 Å². The number of carbonyl (C=O) groups excluding carboxylic acids is 1. The van der Waals surface area contributed by atoms with Crippen LogP contribution >= 0.6 is 0 Å². The van der Waals surface area contributed by atoms with Gasteiger partial charge in [0.25, 0.3) is 10.0 Å². The predicted octanol–water partition coefficient (Wildman–Crippen LogP) is 5.28. The Morgan fingerprint density at radius 1 is 0.769 bits per heavy atom. The van der Waals surface area contributed by atoms with Crippen molar-refractivity contribution in [3.05, 3.63) is 109 Å². The van der Waals surface area contributed by atoms with Gasteiger partial charge in [-0.3, -0.25) is 14.6 Å². The van der Waals surface area contributed by atoms with E-state index in [0.29, 0.717) is 33.5 Å². The van der Waals surface area contributed by atoms with Crippen molar-refractivity contribution in [3.63, 3.8) is 0 Å². The predicted molar refractivity (Wildman–Crippen MR) is 150 cm³/mol. The van der Waals surface area contributed by atoms with Gasteiger partial charge in [0.05, 0.1) is 10.4 Å². The van der Waals surface area contributed by atoms with Crippen molar-refractivity contribution >= 4 is 44.2 Å². The number of amides is 1. The molecular weight excluding hydrogens is 516 g/mol. The molecule has 39 heavy (non-hydrogen) atoms. The molecule has 0 spiro atoms. The normalized spacial score (nSPS) is 11.5. The minimum absolute atomic E-state index is 0.134. The average molecular weight is 539 g/mol. The van der Waals surface area contributed by atoms with Crippen LogP contribution in [0.3, 0.4) is 0 Å². The topological polar surface area (TPSA) is 141 Å². The Labute approximate surface area is 223 Å². The van der Waals surface area contributed by atoms with Crippen LogP contribution in [-0.4, -0.2) is 35.6 Å². The summed E-state index contributed by atoms with van der Waals surface area (Å²) in [6, 6.07) is 28.3. The van der Waals surface area contributed by atoms with Crippen molar-refractivity contribution in [3.8, 4) is 22.4 Å². The molecule has 0 aliphatic carbocycles. The fraction of sp³-hybridized carbons (Fsp3) is 0. The van der Waals surface area contributed by atoms with Gasteiger partial charge in [-0.1, -0.05) is 54.6 Å². The first-order chi connectivity index (χ1) is 18.8. The highest BCUT2D eigenvalue weighted by Crippen LogP contribution is 2.31. The Balaban J connectivity index is 1.39. The van der Waals surface area contributed by atoms with Gasteiger partial charge < -0.3 is 10.4 Å². The van der Waals surface area contributed by atoms with Gasteiger partial charge in [0.2, 0.25) is 5.91 Å². The summed E-state index contributed by atoms with van der Waals surface area (Å²) < 4.78 is 28.8. The number of aromatic nitrogens is 2. The third-order valence-electron chi connectivity index (χ3n) is 5.87. The third-order valence-corrected chi connectivity index (χ3v) is 7.26. The number of nitrogens with zero attached hydrogens (tertiary/aromatic N) is 1. The molecule has 194 valence electrons. The van der Waals surface area contributed by atoms with E-state index in [2.05, 4.69) is 20.2 Å². The first kappa shape index (κ1) is 25.4. The van der Waals surface area contributed by atoms with Crippen LogP contribution in [-0.2, 0) is 19.6 Å². The zero-order valence-corrected chi connectivity index (χ0v) is 21.1. The maximum Gasteiger partial charge on any atom is 0.328 e. The molecule has 0 bridgehead atoms. The lowest BCUT2D eigenvalue weighted by molar-refractivity contribution is -0.131. The zero-order valence-electron chi connectivity index (χ0n) is 20.3. The quantitative estimate of drug-likeness (QED) is 0.198. The number of anilines is 2. The highest BCUT2D eigenvalue weighted by atomic mass is 32.2. The summed E-state index contributed by atoms with van der Waals surface area (Å²) in [5, 5.41) is 19.3. The molecule has 5 rings (SSSR count). The van der Waals surface area contributed by atoms with Crippen molar-refractivity contribution in [2.45, 2.75) is 4.90 Å². The molecule has 1 aromatic heterocycles. The molecule has 9 nitrogen and oxygen atoms in total. The fourth-order valence-corrected chi connectivity index (χ4v) is 5.09. The molecule has 5 aromatic rings. The van der Waals surface area contributed by atoms with Crippen LogP contribution in [0.5, 0.6) is 0 Å². The van der Waals surface area contributed by atoms with E-state index in [0.717, 1.165) is 23.3 Å². The molecule has 10 heteroatoms. The molecule has 0 unspecified atom stereocenters. The minimum atomic E-state index is -3.85. The number of sulfonamides is 1. The molecule has 1 amide bonds. The molecule has 0 fully saturated rings. The molecule has 0 aliphatic rings. The maximum atomic E-state index is 13.1. The third kappa shape index (κ3) is 5.86. The Bertz CT molecular complexity index is 1810. The van der Waals surface area contributed by atoms with Gasteiger partial charge >= 0.3 is 5.97 Å². The molecule has 1 heterocycles. The summed E-state index contributed by atoms with van der Waals surface area (Å²) in [6.07, 6.45) is 1.67. The number of carboxylic acid groups (broad SMARTS) is 1. The van der Waals surface area contributed by atoms with Gasteiger partial charge in [0.1, 0.15) is 5.69 Å². The smallest absolute Gasteiger partial charge is 0.328 e. The summed E-state index contributed by atoms with van der Waals surface area (Å²) in [5.41, 5.74) is 4.62. The molecule has 4 aromatic carbocycles. The van der Waals surface area contributed by atoms with E-state index in [1.165, 1.54) is 0 Å². The maximum absolute atomic E-state index is 13.1. The summed E-state index contributed by atoms with van der Waals surface area (Å²) >= 11 is 0. The number of aromatic amines is 1. The van der Waals surface area contributed by atoms with E-state index in [1.54, 1.807) is 66.7 Å². The molecule has 0 atom stereocenters. The number of benzene rings is 4. The summed E-state index contributed by atoms with van der Waals surface area (Å²) in [7, 11) is -3.85. The van der Waals surface area contributed by atoms with Crippen LogP contribution in [0, 0.1) is 0 Å². The number of carbonyl (C=O) groups is 2. The van der Waals surface area contributed by atoms with Crippen LogP contribution in [0.1, 0.15) is 0 Å². The lowest BCUT2D eigenvalue weighted by Crippen LogP contribution is -2.12. The van der Waals surface area contributed by atoms with Gasteiger partial charge in [-0.05, 0) is 53.6 Å². The Morgan fingerprint density at radius 3 is 2.23 bits per heavy atom. The second-order valence-corrected chi connectivity index (χ2v) is 10.3. The van der Waals surface area contributed by atoms with Crippen LogP contribution in [0.4, 0.5) is 11.4 Å². The zero-order chi connectivity index (χ0) is 27.4. The number of fused-ring (bicyclic) bond motifs is 1. The molecule has 0 saturated heterocycles. The number of hydrogen-bond donors (Lipinski definition) is 4. The first-order valence-electron chi connectivity index (χ1n) is 11.8. The number of hydrogen-bond acceptors (Lipinski definition) is 5. The van der Waals surface area contributed by atoms with E-state index in [9.17, 15) is 18.0 Å². The number of aliphatic carboxylic acids is 1. The van der Waals surface area contributed by atoms with E-state index >= 15 is 0 Å². The molecule has 4 N–H and O–H groups in total. The van der Waals surface area contributed by atoms with Crippen molar-refractivity contribution < 1.29 is 23.1 Å². The van der Waals surface area contributed by atoms with Gasteiger partial charge in [-0.25, -0.2) is 13.2 Å². The fourth-order valence-electron chi connectivity index (χ4n) is 4.04. The number of carboxylic acids is 1. The van der Waals surface area contributed by atoms with Crippen molar-refractivity contribution in [1.29, 1.82) is 0 Å². The SMILES string of the molecule is O=C(O)/C=C\C(=O)Nc1cccc(-c2n[nH]c3ccc(NS(=O)(=O)c4ccc(-c5ccccc5)cc4)cc23)c1. The van der Waals surface area contributed by atoms with E-state index < -0.39 is 21.9 Å². The van der Waals surface area contributed by atoms with Gasteiger partial charge in [0, 0.05) is 34.5 Å². The molecule has 0 radical (unpaired) electrons. The molecule has 0 saturated carbocycles. The Hall–Kier alpha value is -5.22. The van der Waals surface area contributed by atoms with Crippen LogP contribution in [0.2, 0.25) is 0 Å². The second-order valence-electron chi connectivity index (χ2n) is 8.57. The standard InChI is InChI=1S/C29H22N4O5S/c34-27(15-16-28(35)36)30-22-8-4-7-21(17-22)29-25-18-23(11-14-26(25)31-32-29)33-39(37,38)24-12-9-20(10-13-24)19-5-2-1-3-6-19/h1-18,33H,(H,30,34)(H,31,32)(H,35,36)/b16-15-. The largest absolute Gasteiger partial charge is 0.478 e. The van der Waals surface area contributed by atoms with Crippen LogP contribution < -0.4 is 10.0 Å². The number of nitrogens with one attached hydrogen (secondary N) is 3. The monoisotopic (exact) mass is 538 g/mol. The van der Waals surface area contributed by atoms with Crippen LogP contribution in [0.25, 0.3) is 33.3 Å². The summed E-state index contributed by atoms with van der Waals surface area (Å²) in [6.45, 7) is 0. The highest BCUT2D eigenvalue weighted by molar-refractivity contribution is 7.92. The first-order valence-corrected chi connectivity index (χ1v) is 13.3. The lowest BCUT2D eigenvalue weighted by Gasteiger charge is -2.10. The number of H-pyrrole nitrogens is 1. The van der Waals surface area contributed by atoms with Gasteiger partial charge in [-0.2, -0.15) is 5.10 Å².